The van der Waals surface area contributed by atoms with Crippen molar-refractivity contribution < 1.29 is 14.7 Å². The van der Waals surface area contributed by atoms with Crippen molar-refractivity contribution in [3.63, 3.8) is 0 Å². The van der Waals surface area contributed by atoms with Gasteiger partial charge in [0.05, 0.1) is 12.5 Å². The number of carboxylic acid groups (broad SMARTS) is 1. The predicted molar refractivity (Wildman–Crippen MR) is 67.2 cm³/mol. The van der Waals surface area contributed by atoms with E-state index in [-0.39, 0.29) is 12.3 Å². The average molecular weight is 247 g/mol. The van der Waals surface area contributed by atoms with Crippen LogP contribution in [-0.2, 0) is 9.59 Å². The van der Waals surface area contributed by atoms with Crippen LogP contribution in [0.1, 0.15) is 49.3 Å². The molecule has 4 nitrogen and oxygen atoms in total. The summed E-state index contributed by atoms with van der Waals surface area (Å²) < 4.78 is 0. The lowest BCUT2D eigenvalue weighted by molar-refractivity contribution is -0.137. The zero-order chi connectivity index (χ0) is 13.1. The van der Waals surface area contributed by atoms with Gasteiger partial charge in [0, 0.05) is 6.92 Å². The molecule has 0 radical (unpaired) electrons. The molecule has 2 N–H and O–H groups in total. The molecule has 1 atom stereocenters. The summed E-state index contributed by atoms with van der Waals surface area (Å²) in [5.74, 6) is -0.503. The molecule has 96 valence electrons. The van der Waals surface area contributed by atoms with Gasteiger partial charge < -0.3 is 10.4 Å². The topological polar surface area (TPSA) is 66.4 Å². The quantitative estimate of drug-likeness (QED) is 0.838. The number of carbonyl (C=O) groups excluding carboxylic acids is 1. The van der Waals surface area contributed by atoms with Gasteiger partial charge >= 0.3 is 5.97 Å². The van der Waals surface area contributed by atoms with Crippen LogP contribution in [0.3, 0.4) is 0 Å². The van der Waals surface area contributed by atoms with Crippen molar-refractivity contribution in [3.8, 4) is 0 Å². The fourth-order valence-electron chi connectivity index (χ4n) is 2.12. The molecule has 0 spiro atoms. The molecule has 0 aliphatic heterocycles. The number of rotatable bonds is 5. The maximum atomic E-state index is 11.1. The molecule has 1 aromatic carbocycles. The molecular weight excluding hydrogens is 230 g/mol. The van der Waals surface area contributed by atoms with Crippen LogP contribution in [0.15, 0.2) is 24.3 Å². The van der Waals surface area contributed by atoms with E-state index in [1.54, 1.807) is 0 Å². The van der Waals surface area contributed by atoms with Gasteiger partial charge in [-0.25, -0.2) is 0 Å². The summed E-state index contributed by atoms with van der Waals surface area (Å²) in [4.78, 5) is 22.0. The Balaban J connectivity index is 2.19. The molecule has 1 aromatic rings. The number of carbonyl (C=O) groups is 2. The summed E-state index contributed by atoms with van der Waals surface area (Å²) in [6, 6.07) is 7.43. The van der Waals surface area contributed by atoms with Gasteiger partial charge in [-0.3, -0.25) is 9.59 Å². The van der Waals surface area contributed by atoms with Crippen LogP contribution in [0.25, 0.3) is 0 Å². The van der Waals surface area contributed by atoms with Crippen molar-refractivity contribution >= 4 is 11.9 Å². The number of nitrogens with one attached hydrogen (secondary N) is 1. The Morgan fingerprint density at radius 3 is 2.72 bits per heavy atom. The Morgan fingerprint density at radius 2 is 2.17 bits per heavy atom. The van der Waals surface area contributed by atoms with Gasteiger partial charge in [-0.1, -0.05) is 24.3 Å². The number of hydrogen-bond donors (Lipinski definition) is 2. The predicted octanol–water partition coefficient (Wildman–Crippen LogP) is 2.22. The zero-order valence-corrected chi connectivity index (χ0v) is 10.3. The SMILES string of the molecule is CC(=O)NC(CC(=O)O)c1cccc(C2CC2)c1. The maximum absolute atomic E-state index is 11.1. The minimum atomic E-state index is -0.912. The average Bonchev–Trinajstić information content (AvgIpc) is 3.11. The monoisotopic (exact) mass is 247 g/mol. The van der Waals surface area contributed by atoms with Crippen molar-refractivity contribution in [2.24, 2.45) is 0 Å². The second-order valence-electron chi connectivity index (χ2n) is 4.80. The highest BCUT2D eigenvalue weighted by atomic mass is 16.4. The van der Waals surface area contributed by atoms with Gasteiger partial charge in [0.15, 0.2) is 0 Å². The van der Waals surface area contributed by atoms with Gasteiger partial charge in [-0.15, -0.1) is 0 Å². The first-order valence-corrected chi connectivity index (χ1v) is 6.15. The van der Waals surface area contributed by atoms with Crippen molar-refractivity contribution in [3.05, 3.63) is 35.4 Å². The van der Waals surface area contributed by atoms with Crippen molar-refractivity contribution in [1.29, 1.82) is 0 Å². The molecule has 1 unspecified atom stereocenters. The molecule has 1 amide bonds. The van der Waals surface area contributed by atoms with E-state index in [4.69, 9.17) is 5.11 Å². The summed E-state index contributed by atoms with van der Waals surface area (Å²) in [5, 5.41) is 11.6. The highest BCUT2D eigenvalue weighted by Crippen LogP contribution is 2.40. The summed E-state index contributed by atoms with van der Waals surface area (Å²) in [6.45, 7) is 1.40. The van der Waals surface area contributed by atoms with Crippen molar-refractivity contribution in [2.45, 2.75) is 38.1 Å². The van der Waals surface area contributed by atoms with Crippen LogP contribution < -0.4 is 5.32 Å². The summed E-state index contributed by atoms with van der Waals surface area (Å²) >= 11 is 0. The third kappa shape index (κ3) is 3.32. The van der Waals surface area contributed by atoms with E-state index in [1.807, 2.05) is 18.2 Å². The number of benzene rings is 1. The Morgan fingerprint density at radius 1 is 1.44 bits per heavy atom. The van der Waals surface area contributed by atoms with Crippen molar-refractivity contribution in [1.82, 2.24) is 5.32 Å². The first-order chi connectivity index (χ1) is 8.56. The largest absolute Gasteiger partial charge is 0.481 e. The zero-order valence-electron chi connectivity index (χ0n) is 10.3. The van der Waals surface area contributed by atoms with Gasteiger partial charge in [-0.05, 0) is 29.9 Å². The summed E-state index contributed by atoms with van der Waals surface area (Å²) in [6.07, 6.45) is 2.31. The van der Waals surface area contributed by atoms with E-state index in [2.05, 4.69) is 11.4 Å². The molecule has 18 heavy (non-hydrogen) atoms. The fraction of sp³-hybridized carbons (Fsp3) is 0.429. The normalized spacial score (nSPS) is 16.1. The summed E-state index contributed by atoms with van der Waals surface area (Å²) in [7, 11) is 0. The van der Waals surface area contributed by atoms with Crippen molar-refractivity contribution in [2.75, 3.05) is 0 Å². The Bertz CT molecular complexity index is 450. The van der Waals surface area contributed by atoms with Gasteiger partial charge in [-0.2, -0.15) is 0 Å². The molecule has 1 aliphatic carbocycles. The number of amides is 1. The van der Waals surface area contributed by atoms with Gasteiger partial charge in [0.1, 0.15) is 0 Å². The van der Waals surface area contributed by atoms with E-state index in [0.29, 0.717) is 5.92 Å². The van der Waals surface area contributed by atoms with Crippen LogP contribution in [0.5, 0.6) is 0 Å². The molecule has 1 saturated carbocycles. The third-order valence-electron chi connectivity index (χ3n) is 3.12. The van der Waals surface area contributed by atoms with E-state index >= 15 is 0 Å². The van der Waals surface area contributed by atoms with E-state index in [9.17, 15) is 9.59 Å². The van der Waals surface area contributed by atoms with Crippen LogP contribution in [0.4, 0.5) is 0 Å². The lowest BCUT2D eigenvalue weighted by Gasteiger charge is -2.17. The van der Waals surface area contributed by atoms with Crippen LogP contribution in [0.2, 0.25) is 0 Å². The second-order valence-corrected chi connectivity index (χ2v) is 4.80. The summed E-state index contributed by atoms with van der Waals surface area (Å²) in [5.41, 5.74) is 2.12. The molecule has 1 aliphatic rings. The highest BCUT2D eigenvalue weighted by Gasteiger charge is 2.24. The molecule has 2 rings (SSSR count). The third-order valence-corrected chi connectivity index (χ3v) is 3.12. The van der Waals surface area contributed by atoms with Crippen LogP contribution in [-0.4, -0.2) is 17.0 Å². The minimum absolute atomic E-state index is 0.0896. The number of carboxylic acids is 1. The van der Waals surface area contributed by atoms with Crippen LogP contribution in [0, 0.1) is 0 Å². The molecule has 0 heterocycles. The van der Waals surface area contributed by atoms with Gasteiger partial charge in [0.25, 0.3) is 0 Å². The fourth-order valence-corrected chi connectivity index (χ4v) is 2.12. The highest BCUT2D eigenvalue weighted by molar-refractivity contribution is 5.75. The molecule has 0 bridgehead atoms. The number of hydrogen-bond acceptors (Lipinski definition) is 2. The first kappa shape index (κ1) is 12.6. The van der Waals surface area contributed by atoms with E-state index in [1.165, 1.54) is 25.3 Å². The number of aliphatic carboxylic acids is 1. The Hall–Kier alpha value is -1.84. The minimum Gasteiger partial charge on any atom is -0.481 e. The van der Waals surface area contributed by atoms with Gasteiger partial charge in [0.2, 0.25) is 5.91 Å². The molecule has 1 fully saturated rings. The van der Waals surface area contributed by atoms with Crippen LogP contribution >= 0.6 is 0 Å². The lowest BCUT2D eigenvalue weighted by Crippen LogP contribution is -2.28. The molecular formula is C14H17NO3. The molecule has 4 heteroatoms. The smallest absolute Gasteiger partial charge is 0.305 e. The van der Waals surface area contributed by atoms with E-state index in [0.717, 1.165) is 5.56 Å². The second kappa shape index (κ2) is 5.21. The first-order valence-electron chi connectivity index (χ1n) is 6.15. The Kier molecular flexibility index (Phi) is 3.65. The maximum Gasteiger partial charge on any atom is 0.305 e. The Labute approximate surface area is 106 Å². The molecule has 0 aromatic heterocycles. The standard InChI is InChI=1S/C14H17NO3/c1-9(16)15-13(8-14(17)18)12-4-2-3-11(7-12)10-5-6-10/h2-4,7,10,13H,5-6,8H2,1H3,(H,15,16)(H,17,18). The molecule has 0 saturated heterocycles. The van der Waals surface area contributed by atoms with E-state index < -0.39 is 12.0 Å². The lowest BCUT2D eigenvalue weighted by atomic mass is 9.99.